The molecule has 1 saturated heterocycles. The van der Waals surface area contributed by atoms with Gasteiger partial charge in [-0.05, 0) is 20.8 Å². The second kappa shape index (κ2) is 9.39. The summed E-state index contributed by atoms with van der Waals surface area (Å²) in [4.78, 5) is 54.9. The Morgan fingerprint density at radius 2 is 2.09 bits per heavy atom. The molecule has 14 heteroatoms. The zero-order valence-corrected chi connectivity index (χ0v) is 19.9. The highest BCUT2D eigenvalue weighted by molar-refractivity contribution is 8.00. The van der Waals surface area contributed by atoms with Crippen LogP contribution in [0.5, 0.6) is 0 Å². The summed E-state index contributed by atoms with van der Waals surface area (Å²) in [5, 5.41) is 15.8. The molecule has 1 aromatic heterocycles. The molecule has 2 amide bonds. The van der Waals surface area contributed by atoms with E-state index in [-0.39, 0.29) is 28.9 Å². The first-order valence-electron chi connectivity index (χ1n) is 9.70. The Labute approximate surface area is 197 Å². The van der Waals surface area contributed by atoms with E-state index in [4.69, 9.17) is 15.2 Å². The number of carbonyl (C=O) groups excluding carboxylic acids is 4. The number of amides is 2. The zero-order valence-electron chi connectivity index (χ0n) is 18.3. The molecule has 178 valence electrons. The fourth-order valence-electron chi connectivity index (χ4n) is 3.12. The molecule has 0 unspecified atom stereocenters. The summed E-state index contributed by atoms with van der Waals surface area (Å²) < 4.78 is 10.5. The number of rotatable bonds is 6. The van der Waals surface area contributed by atoms with Crippen LogP contribution in [0, 0.1) is 0 Å². The van der Waals surface area contributed by atoms with E-state index in [0.717, 1.165) is 11.3 Å². The number of aromatic nitrogens is 1. The van der Waals surface area contributed by atoms with Gasteiger partial charge in [-0.25, -0.2) is 9.78 Å². The first-order chi connectivity index (χ1) is 15.4. The Hall–Kier alpha value is -3.13. The van der Waals surface area contributed by atoms with Crippen LogP contribution in [0.2, 0.25) is 0 Å². The lowest BCUT2D eigenvalue weighted by molar-refractivity contribution is -0.159. The maximum Gasteiger partial charge on any atom is 0.355 e. The lowest BCUT2D eigenvalue weighted by atomic mass is 10.0. The second-order valence-corrected chi connectivity index (χ2v) is 10.1. The number of oxime groups is 1. The Morgan fingerprint density at radius 3 is 2.64 bits per heavy atom. The predicted octanol–water partition coefficient (Wildman–Crippen LogP) is 0.462. The molecule has 0 spiro atoms. The van der Waals surface area contributed by atoms with Crippen LogP contribution in [0.1, 0.15) is 33.4 Å². The monoisotopic (exact) mass is 497 g/mol. The van der Waals surface area contributed by atoms with Gasteiger partial charge in [0.25, 0.3) is 11.8 Å². The van der Waals surface area contributed by atoms with Crippen LogP contribution >= 0.6 is 23.1 Å². The molecule has 0 aromatic carbocycles. The third-order valence-electron chi connectivity index (χ3n) is 4.46. The van der Waals surface area contributed by atoms with Crippen molar-refractivity contribution in [1.29, 1.82) is 0 Å². The van der Waals surface area contributed by atoms with Gasteiger partial charge in [-0.2, -0.15) is 0 Å². The van der Waals surface area contributed by atoms with Gasteiger partial charge in [-0.15, -0.1) is 23.1 Å². The van der Waals surface area contributed by atoms with Crippen LogP contribution in [-0.4, -0.2) is 73.9 Å². The number of nitrogen functional groups attached to an aromatic ring is 1. The van der Waals surface area contributed by atoms with Crippen molar-refractivity contribution in [3.8, 4) is 0 Å². The SMILES string of the molecule is CC(=O)OCC1=C(C(=O)OC(C)(C)C)N2C(=O)[C@@H](NC(=O)C(=NO)c3csc(N)n3)[C@H]2SC1. The smallest absolute Gasteiger partial charge is 0.355 e. The molecule has 0 radical (unpaired) electrons. The van der Waals surface area contributed by atoms with Gasteiger partial charge in [-0.3, -0.25) is 19.3 Å². The summed E-state index contributed by atoms with van der Waals surface area (Å²) >= 11 is 2.34. The average Bonchev–Trinajstić information content (AvgIpc) is 3.14. The largest absolute Gasteiger partial charge is 0.461 e. The predicted molar refractivity (Wildman–Crippen MR) is 119 cm³/mol. The Bertz CT molecular complexity index is 1060. The van der Waals surface area contributed by atoms with Gasteiger partial charge in [0, 0.05) is 23.6 Å². The number of nitrogens with one attached hydrogen (secondary N) is 1. The molecular formula is C19H23N5O7S2. The van der Waals surface area contributed by atoms with Crippen molar-refractivity contribution in [3.63, 3.8) is 0 Å². The fraction of sp³-hybridized carbons (Fsp3) is 0.474. The summed E-state index contributed by atoms with van der Waals surface area (Å²) in [6, 6.07) is -0.983. The highest BCUT2D eigenvalue weighted by atomic mass is 32.2. The first kappa shape index (κ1) is 24.5. The van der Waals surface area contributed by atoms with Crippen molar-refractivity contribution in [2.24, 2.45) is 5.16 Å². The number of hydrogen-bond acceptors (Lipinski definition) is 12. The van der Waals surface area contributed by atoms with E-state index in [2.05, 4.69) is 15.5 Å². The molecule has 2 atom stereocenters. The number of nitrogens with zero attached hydrogens (tertiary/aromatic N) is 3. The van der Waals surface area contributed by atoms with E-state index in [1.54, 1.807) is 20.8 Å². The number of ether oxygens (including phenoxy) is 2. The molecule has 33 heavy (non-hydrogen) atoms. The molecule has 3 rings (SSSR count). The maximum atomic E-state index is 13.0. The standard InChI is InChI=1S/C19H23N5O7S2/c1-8(25)30-5-9-6-32-16-12(15(27)24(16)13(9)17(28)31-19(2,3)4)22-14(26)11(23-29)10-7-33-18(20)21-10/h7,12,16,29H,5-6H2,1-4H3,(H2,20,21)(H,22,26)/t12-,16-/m1/s1. The molecule has 1 fully saturated rings. The van der Waals surface area contributed by atoms with Crippen LogP contribution in [0.25, 0.3) is 0 Å². The summed E-state index contributed by atoms with van der Waals surface area (Å²) in [5.41, 5.74) is 4.83. The van der Waals surface area contributed by atoms with Crippen molar-refractivity contribution in [2.75, 3.05) is 18.1 Å². The number of carbonyl (C=O) groups is 4. The van der Waals surface area contributed by atoms with E-state index in [0.29, 0.717) is 5.57 Å². The Morgan fingerprint density at radius 1 is 1.39 bits per heavy atom. The summed E-state index contributed by atoms with van der Waals surface area (Å²) in [5.74, 6) is -2.38. The van der Waals surface area contributed by atoms with Gasteiger partial charge < -0.3 is 25.7 Å². The number of hydrogen-bond donors (Lipinski definition) is 3. The van der Waals surface area contributed by atoms with Gasteiger partial charge in [0.2, 0.25) is 0 Å². The number of fused-ring (bicyclic) bond motifs is 1. The fourth-order valence-corrected chi connectivity index (χ4v) is 4.99. The van der Waals surface area contributed by atoms with Crippen LogP contribution in [-0.2, 0) is 28.7 Å². The van der Waals surface area contributed by atoms with Crippen molar-refractivity contribution < 1.29 is 33.9 Å². The van der Waals surface area contributed by atoms with Gasteiger partial charge in [-0.1, -0.05) is 5.16 Å². The topological polar surface area (TPSA) is 174 Å². The van der Waals surface area contributed by atoms with Gasteiger partial charge in [0.15, 0.2) is 10.8 Å². The van der Waals surface area contributed by atoms with Crippen molar-refractivity contribution >= 4 is 57.7 Å². The molecule has 12 nitrogen and oxygen atoms in total. The van der Waals surface area contributed by atoms with Crippen LogP contribution < -0.4 is 11.1 Å². The van der Waals surface area contributed by atoms with Crippen LogP contribution in [0.3, 0.4) is 0 Å². The lowest BCUT2D eigenvalue weighted by Gasteiger charge is -2.49. The molecule has 2 aliphatic heterocycles. The number of esters is 2. The molecule has 1 aromatic rings. The van der Waals surface area contributed by atoms with E-state index >= 15 is 0 Å². The van der Waals surface area contributed by atoms with E-state index in [1.807, 2.05) is 0 Å². The summed E-state index contributed by atoms with van der Waals surface area (Å²) in [6.45, 7) is 6.14. The normalized spacial score (nSPS) is 20.7. The van der Waals surface area contributed by atoms with Crippen molar-refractivity contribution in [3.05, 3.63) is 22.3 Å². The van der Waals surface area contributed by atoms with Crippen molar-refractivity contribution in [2.45, 2.75) is 44.7 Å². The van der Waals surface area contributed by atoms with Gasteiger partial charge >= 0.3 is 11.9 Å². The summed E-state index contributed by atoms with van der Waals surface area (Å²) in [7, 11) is 0. The number of thiazole rings is 1. The zero-order chi connectivity index (χ0) is 24.5. The summed E-state index contributed by atoms with van der Waals surface area (Å²) in [6.07, 6.45) is 0. The van der Waals surface area contributed by atoms with Crippen LogP contribution in [0.15, 0.2) is 21.8 Å². The maximum absolute atomic E-state index is 13.0. The highest BCUT2D eigenvalue weighted by Gasteiger charge is 2.55. The van der Waals surface area contributed by atoms with Crippen LogP contribution in [0.4, 0.5) is 5.13 Å². The van der Waals surface area contributed by atoms with E-state index in [9.17, 15) is 24.4 Å². The first-order valence-corrected chi connectivity index (χ1v) is 11.6. The van der Waals surface area contributed by atoms with E-state index in [1.165, 1.54) is 29.0 Å². The number of anilines is 1. The third kappa shape index (κ3) is 5.27. The number of nitrogens with two attached hydrogens (primary N) is 1. The van der Waals surface area contributed by atoms with Gasteiger partial charge in [0.1, 0.15) is 35.0 Å². The van der Waals surface area contributed by atoms with E-state index < -0.39 is 46.5 Å². The van der Waals surface area contributed by atoms with Gasteiger partial charge in [0.05, 0.1) is 0 Å². The molecule has 3 heterocycles. The second-order valence-electron chi connectivity index (χ2n) is 8.11. The molecular weight excluding hydrogens is 474 g/mol. The van der Waals surface area contributed by atoms with Crippen molar-refractivity contribution in [1.82, 2.24) is 15.2 Å². The quantitative estimate of drug-likeness (QED) is 0.165. The molecule has 0 aliphatic carbocycles. The minimum absolute atomic E-state index is 0.00579. The third-order valence-corrected chi connectivity index (χ3v) is 6.47. The minimum atomic E-state index is -0.983. The molecule has 0 saturated carbocycles. The Kier molecular flexibility index (Phi) is 6.97. The molecule has 4 N–H and O–H groups in total. The highest BCUT2D eigenvalue weighted by Crippen LogP contribution is 2.41. The Balaban J connectivity index is 1.81. The molecule has 2 aliphatic rings. The lowest BCUT2D eigenvalue weighted by Crippen LogP contribution is -2.71. The number of thioether (sulfide) groups is 1. The minimum Gasteiger partial charge on any atom is -0.461 e. The number of β-lactam (4-membered cyclic amide) rings is 1. The molecule has 0 bridgehead atoms. The average molecular weight is 498 g/mol.